The minimum Gasteiger partial charge on any atom is -0.463 e. The zero-order valence-electron chi connectivity index (χ0n) is 34.9. The van der Waals surface area contributed by atoms with Crippen molar-refractivity contribution in [1.29, 1.82) is 0 Å². The SMILES string of the molecule is [2H]C(C(=O)OC[C@@H](O)[C@@H](O)[C@H](O)[C@@H](O)CO)C([2H])([2H])C([2H])([2H])C([2H])([2H])C([2H])([2H])C([2H])([2H])C([2H])([2H])C([2H])([2H])C([2H])([2H])C([2H])([2H])C([2H])([2H])[2H]. The second-order valence-electron chi connectivity index (χ2n) is 4.22. The van der Waals surface area contributed by atoms with Crippen LogP contribution in [0.4, 0.5) is 0 Å². The molecule has 5 N–H and O–H groups in total. The Morgan fingerprint density at radius 2 is 1.44 bits per heavy atom. The van der Waals surface area contributed by atoms with E-state index in [1.807, 2.05) is 0 Å². The first kappa shape index (κ1) is 6.41. The highest BCUT2D eigenvalue weighted by atomic mass is 16.5. The van der Waals surface area contributed by atoms with Gasteiger partial charge in [0.05, 0.1) is 6.61 Å². The minimum atomic E-state index is -4.84. The standard InChI is InChI=1S/C18H36O7/c1-2-3-4-5-6-7-8-9-10-11-16(22)25-13-15(21)18(24)17(23)14(20)12-19/h14-15,17-21,23-24H,2-13H2,1H3/t14-,15+,17+,18+/m0/s1/i1D3,2D2,3D2,4D2,5D2,6D2,7D2,8D2,9D2,10D2,11D/t11?,14-,15+,17+,18+. The molecular formula is C18H36O7. The fourth-order valence-electron chi connectivity index (χ4n) is 1.19. The highest BCUT2D eigenvalue weighted by Crippen LogP contribution is 2.11. The molecule has 5 atom stereocenters. The van der Waals surface area contributed by atoms with Crippen molar-refractivity contribution in [2.45, 2.75) is 95.0 Å². The predicted octanol–water partition coefficient (Wildman–Crippen LogP) is 0.886. The zero-order chi connectivity index (χ0) is 38.6. The van der Waals surface area contributed by atoms with E-state index in [0.717, 1.165) is 0 Å². The van der Waals surface area contributed by atoms with Gasteiger partial charge in [-0.25, -0.2) is 0 Å². The third-order valence-electron chi connectivity index (χ3n) is 2.42. The quantitative estimate of drug-likeness (QED) is 0.249. The number of ether oxygens (including phenoxy) is 1. The van der Waals surface area contributed by atoms with Gasteiger partial charge in [-0.05, 0) is 6.37 Å². The summed E-state index contributed by atoms with van der Waals surface area (Å²) in [5.41, 5.74) is 0. The summed E-state index contributed by atoms with van der Waals surface area (Å²) in [4.78, 5) is 12.4. The van der Waals surface area contributed by atoms with E-state index in [4.69, 9.17) is 35.3 Å². The van der Waals surface area contributed by atoms with Gasteiger partial charge in [0.1, 0.15) is 31.0 Å². The van der Waals surface area contributed by atoms with E-state index in [9.17, 15) is 25.2 Å². The lowest BCUT2D eigenvalue weighted by molar-refractivity contribution is -0.156. The molecule has 0 fully saturated rings. The van der Waals surface area contributed by atoms with Crippen LogP contribution in [0.2, 0.25) is 0 Å². The van der Waals surface area contributed by atoms with Crippen LogP contribution in [0.1, 0.15) is 101 Å². The lowest BCUT2D eigenvalue weighted by Crippen LogP contribution is -2.47. The molecule has 0 amide bonds. The Morgan fingerprint density at radius 3 is 2.00 bits per heavy atom. The maximum atomic E-state index is 12.4. The van der Waals surface area contributed by atoms with Crippen LogP contribution in [0.3, 0.4) is 0 Å². The molecule has 25 heavy (non-hydrogen) atoms. The Hall–Kier alpha value is -0.730. The number of carbonyl (C=O) groups excluding carboxylic acids is 1. The van der Waals surface area contributed by atoms with Crippen molar-refractivity contribution in [2.24, 2.45) is 0 Å². The smallest absolute Gasteiger partial charge is 0.305 e. The number of rotatable bonds is 16. The molecule has 0 saturated carbocycles. The van der Waals surface area contributed by atoms with Gasteiger partial charge in [-0.2, -0.15) is 0 Å². The van der Waals surface area contributed by atoms with E-state index in [1.165, 1.54) is 0 Å². The van der Waals surface area contributed by atoms with Crippen LogP contribution in [0, 0.1) is 0 Å². The summed E-state index contributed by atoms with van der Waals surface area (Å²) in [7, 11) is 0. The lowest BCUT2D eigenvalue weighted by atomic mass is 10.0. The number of hydrogen-bond acceptors (Lipinski definition) is 7. The van der Waals surface area contributed by atoms with Crippen molar-refractivity contribution in [3.63, 3.8) is 0 Å². The molecule has 0 aromatic heterocycles. The fourth-order valence-corrected chi connectivity index (χ4v) is 1.19. The number of aliphatic hydroxyl groups is 5. The molecule has 0 bridgehead atoms. The van der Waals surface area contributed by atoms with Crippen molar-refractivity contribution in [1.82, 2.24) is 0 Å². The van der Waals surface area contributed by atoms with E-state index in [0.29, 0.717) is 0 Å². The number of esters is 1. The van der Waals surface area contributed by atoms with Crippen LogP contribution in [0.5, 0.6) is 0 Å². The van der Waals surface area contributed by atoms with Crippen LogP contribution >= 0.6 is 0 Å². The number of hydrogen-bond donors (Lipinski definition) is 5. The summed E-state index contributed by atoms with van der Waals surface area (Å²) in [5, 5.41) is 47.3. The summed E-state index contributed by atoms with van der Waals surface area (Å²) >= 11 is 0. The second-order valence-corrected chi connectivity index (χ2v) is 4.22. The van der Waals surface area contributed by atoms with E-state index >= 15 is 0 Å². The maximum Gasteiger partial charge on any atom is 0.305 e. The molecule has 0 aliphatic rings. The van der Waals surface area contributed by atoms with Crippen molar-refractivity contribution < 1.29 is 65.2 Å². The summed E-state index contributed by atoms with van der Waals surface area (Å²) in [6, 6.07) is 0. The summed E-state index contributed by atoms with van der Waals surface area (Å²) in [6.07, 6.45) is -53.7. The van der Waals surface area contributed by atoms with Gasteiger partial charge in [-0.3, -0.25) is 4.79 Å². The predicted molar refractivity (Wildman–Crippen MR) is 93.9 cm³/mol. The molecular weight excluding hydrogens is 328 g/mol. The van der Waals surface area contributed by atoms with Gasteiger partial charge in [0.15, 0.2) is 0 Å². The van der Waals surface area contributed by atoms with Gasteiger partial charge in [-0.1, -0.05) is 57.8 Å². The third kappa shape index (κ3) is 12.3. The molecule has 150 valence electrons. The van der Waals surface area contributed by atoms with Crippen molar-refractivity contribution in [3.8, 4) is 0 Å². The molecule has 7 nitrogen and oxygen atoms in total. The van der Waals surface area contributed by atoms with Gasteiger partial charge in [-0.15, -0.1) is 0 Å². The molecule has 0 radical (unpaired) electrons. The average molecular weight is 387 g/mol. The topological polar surface area (TPSA) is 127 Å². The van der Waals surface area contributed by atoms with Gasteiger partial charge >= 0.3 is 5.97 Å². The first-order valence-electron chi connectivity index (χ1n) is 17.8. The summed E-state index contributed by atoms with van der Waals surface area (Å²) in [6.45, 7) is -6.51. The van der Waals surface area contributed by atoms with Gasteiger partial charge in [0, 0.05) is 36.6 Å². The largest absolute Gasteiger partial charge is 0.463 e. The van der Waals surface area contributed by atoms with Crippen molar-refractivity contribution in [3.05, 3.63) is 0 Å². The van der Waals surface area contributed by atoms with E-state index < -0.39 is 114 Å². The van der Waals surface area contributed by atoms with Gasteiger partial charge in [0.2, 0.25) is 0 Å². The highest BCUT2D eigenvalue weighted by Gasteiger charge is 2.30. The number of carbonyl (C=O) groups is 1. The Labute approximate surface area is 181 Å². The fraction of sp³-hybridized carbons (Fsp3) is 0.944. The average Bonchev–Trinajstić information content (AvgIpc) is 2.92. The van der Waals surface area contributed by atoms with Crippen LogP contribution in [0.25, 0.3) is 0 Å². The zero-order valence-corrected chi connectivity index (χ0v) is 12.9. The Morgan fingerprint density at radius 1 is 0.920 bits per heavy atom. The third-order valence-corrected chi connectivity index (χ3v) is 2.42. The Balaban J connectivity index is 6.69. The molecule has 0 rings (SSSR count). The van der Waals surface area contributed by atoms with E-state index in [-0.39, 0.29) is 0 Å². The molecule has 7 heteroatoms. The Kier molecular flexibility index (Phi) is 3.98. The first-order chi connectivity index (χ1) is 20.3. The molecule has 0 heterocycles. The molecule has 0 aromatic rings. The van der Waals surface area contributed by atoms with Crippen molar-refractivity contribution >= 4 is 5.97 Å². The van der Waals surface area contributed by atoms with Gasteiger partial charge < -0.3 is 30.3 Å². The molecule has 0 spiro atoms. The van der Waals surface area contributed by atoms with Crippen LogP contribution < -0.4 is 0 Å². The van der Waals surface area contributed by atoms with E-state index in [2.05, 4.69) is 4.74 Å². The van der Waals surface area contributed by atoms with Crippen LogP contribution in [-0.4, -0.2) is 69.1 Å². The van der Waals surface area contributed by atoms with Crippen LogP contribution in [0.15, 0.2) is 0 Å². The van der Waals surface area contributed by atoms with Crippen molar-refractivity contribution in [2.75, 3.05) is 13.2 Å². The van der Waals surface area contributed by atoms with E-state index in [1.54, 1.807) is 0 Å². The molecule has 0 aromatic carbocycles. The molecule has 1 unspecified atom stereocenters. The second kappa shape index (κ2) is 15.5. The monoisotopic (exact) mass is 386 g/mol. The van der Waals surface area contributed by atoms with Crippen LogP contribution in [-0.2, 0) is 9.53 Å². The summed E-state index contributed by atoms with van der Waals surface area (Å²) < 4.78 is 177. The summed E-state index contributed by atoms with van der Waals surface area (Å²) in [5.74, 6) is -2.13. The molecule has 0 aliphatic heterocycles. The normalized spacial score (nSPS) is 36.2. The Bertz CT molecular complexity index is 1090. The van der Waals surface area contributed by atoms with Gasteiger partial charge in [0.25, 0.3) is 0 Å². The molecule has 0 saturated heterocycles. The molecule has 0 aliphatic carbocycles. The minimum absolute atomic E-state index is 1.10. The number of aliphatic hydroxyl groups excluding tert-OH is 5. The highest BCUT2D eigenvalue weighted by molar-refractivity contribution is 5.69. The maximum absolute atomic E-state index is 12.4. The lowest BCUT2D eigenvalue weighted by Gasteiger charge is -2.25. The first-order valence-corrected chi connectivity index (χ1v) is 6.69.